The van der Waals surface area contributed by atoms with Crippen LogP contribution in [0.5, 0.6) is 0 Å². The molecule has 0 aliphatic carbocycles. The Labute approximate surface area is 149 Å². The average molecular weight is 341 g/mol. The van der Waals surface area contributed by atoms with E-state index in [1.165, 1.54) is 16.8 Å². The van der Waals surface area contributed by atoms with Crippen LogP contribution in [-0.2, 0) is 0 Å². The molecule has 0 amide bonds. The molecular formula is C21H15N3O2. The Morgan fingerprint density at radius 2 is 1.50 bits per heavy atom. The fourth-order valence-corrected chi connectivity index (χ4v) is 2.87. The Hall–Kier alpha value is -3.73. The van der Waals surface area contributed by atoms with E-state index in [1.54, 1.807) is 12.4 Å². The summed E-state index contributed by atoms with van der Waals surface area (Å²) in [5.41, 5.74) is 3.68. The monoisotopic (exact) mass is 341 g/mol. The van der Waals surface area contributed by atoms with E-state index in [1.807, 2.05) is 54.6 Å². The fraction of sp³-hybridized carbons (Fsp3) is 0. The summed E-state index contributed by atoms with van der Waals surface area (Å²) in [7, 11) is 0. The van der Waals surface area contributed by atoms with Gasteiger partial charge in [0.2, 0.25) is 0 Å². The van der Waals surface area contributed by atoms with E-state index in [0.29, 0.717) is 5.69 Å². The summed E-state index contributed by atoms with van der Waals surface area (Å²) in [6.45, 7) is 0. The molecule has 2 aromatic carbocycles. The van der Waals surface area contributed by atoms with Gasteiger partial charge in [0.25, 0.3) is 5.56 Å². The van der Waals surface area contributed by atoms with Gasteiger partial charge in [-0.05, 0) is 41.0 Å². The second-order valence-electron chi connectivity index (χ2n) is 5.86. The molecule has 0 aliphatic rings. The molecule has 2 aromatic heterocycles. The molecule has 26 heavy (non-hydrogen) atoms. The minimum atomic E-state index is -0.472. The van der Waals surface area contributed by atoms with Crippen molar-refractivity contribution in [2.75, 3.05) is 0 Å². The molecule has 0 fully saturated rings. The first-order valence-corrected chi connectivity index (χ1v) is 8.14. The topological polar surface area (TPSA) is 67.8 Å². The number of aromatic nitrogens is 3. The average Bonchev–Trinajstić information content (AvgIpc) is 2.69. The Morgan fingerprint density at radius 3 is 2.19 bits per heavy atom. The van der Waals surface area contributed by atoms with Crippen molar-refractivity contribution in [1.29, 1.82) is 0 Å². The van der Waals surface area contributed by atoms with Crippen LogP contribution in [0, 0.1) is 0 Å². The summed E-state index contributed by atoms with van der Waals surface area (Å²) >= 11 is 0. The molecule has 0 bridgehead atoms. The summed E-state index contributed by atoms with van der Waals surface area (Å²) < 4.78 is 1.42. The number of pyridine rings is 1. The lowest BCUT2D eigenvalue weighted by Crippen LogP contribution is -2.27. The minimum absolute atomic E-state index is 0.419. The molecule has 5 nitrogen and oxygen atoms in total. The van der Waals surface area contributed by atoms with Gasteiger partial charge in [0, 0.05) is 30.2 Å². The van der Waals surface area contributed by atoms with Crippen LogP contribution in [0.25, 0.3) is 27.9 Å². The van der Waals surface area contributed by atoms with E-state index < -0.39 is 11.2 Å². The Balaban J connectivity index is 1.96. The van der Waals surface area contributed by atoms with E-state index in [9.17, 15) is 9.59 Å². The molecule has 1 N–H and O–H groups in total. The molecule has 4 rings (SSSR count). The molecule has 0 spiro atoms. The van der Waals surface area contributed by atoms with Crippen LogP contribution in [0.3, 0.4) is 0 Å². The van der Waals surface area contributed by atoms with Gasteiger partial charge in [-0.3, -0.25) is 19.3 Å². The van der Waals surface area contributed by atoms with Crippen molar-refractivity contribution in [3.8, 4) is 27.9 Å². The first-order chi connectivity index (χ1) is 12.7. The summed E-state index contributed by atoms with van der Waals surface area (Å²) in [5.74, 6) is 0. The fourth-order valence-electron chi connectivity index (χ4n) is 2.87. The Bertz CT molecular complexity index is 1110. The van der Waals surface area contributed by atoms with Gasteiger partial charge in [-0.2, -0.15) is 0 Å². The standard InChI is InChI=1S/C21H15N3O2/c25-20-8-10-24(21(26)23-20)19-12-17(15-5-2-1-3-6-15)11-18(13-19)16-7-4-9-22-14-16/h1-14H,(H,23,25,26). The number of H-pyrrole nitrogens is 1. The second kappa shape index (κ2) is 6.64. The van der Waals surface area contributed by atoms with Crippen LogP contribution in [0.2, 0.25) is 0 Å². The van der Waals surface area contributed by atoms with Gasteiger partial charge in [-0.25, -0.2) is 4.79 Å². The van der Waals surface area contributed by atoms with Gasteiger partial charge in [-0.15, -0.1) is 0 Å². The highest BCUT2D eigenvalue weighted by Crippen LogP contribution is 2.29. The zero-order chi connectivity index (χ0) is 17.9. The van der Waals surface area contributed by atoms with Gasteiger partial charge < -0.3 is 0 Å². The van der Waals surface area contributed by atoms with Crippen LogP contribution < -0.4 is 11.2 Å². The third-order valence-electron chi connectivity index (χ3n) is 4.12. The minimum Gasteiger partial charge on any atom is -0.274 e. The van der Waals surface area contributed by atoms with Gasteiger partial charge >= 0.3 is 5.69 Å². The Kier molecular flexibility index (Phi) is 4.03. The molecule has 5 heteroatoms. The molecule has 0 unspecified atom stereocenters. The van der Waals surface area contributed by atoms with Crippen LogP contribution in [0.4, 0.5) is 0 Å². The van der Waals surface area contributed by atoms with Crippen molar-refractivity contribution >= 4 is 0 Å². The molecule has 2 heterocycles. The van der Waals surface area contributed by atoms with Crippen molar-refractivity contribution in [2.24, 2.45) is 0 Å². The maximum absolute atomic E-state index is 12.2. The predicted octanol–water partition coefficient (Wildman–Crippen LogP) is 3.25. The quantitative estimate of drug-likeness (QED) is 0.622. The number of hydrogen-bond acceptors (Lipinski definition) is 3. The van der Waals surface area contributed by atoms with Gasteiger partial charge in [0.05, 0.1) is 5.69 Å². The molecule has 0 saturated heterocycles. The molecule has 4 aromatic rings. The van der Waals surface area contributed by atoms with E-state index in [2.05, 4.69) is 16.0 Å². The third kappa shape index (κ3) is 3.10. The zero-order valence-corrected chi connectivity index (χ0v) is 13.8. The van der Waals surface area contributed by atoms with E-state index in [-0.39, 0.29) is 0 Å². The molecular weight excluding hydrogens is 326 g/mol. The van der Waals surface area contributed by atoms with Crippen LogP contribution in [0.15, 0.2) is 94.9 Å². The van der Waals surface area contributed by atoms with Crippen molar-refractivity contribution in [1.82, 2.24) is 14.5 Å². The number of nitrogens with zero attached hydrogens (tertiary/aromatic N) is 2. The highest BCUT2D eigenvalue weighted by atomic mass is 16.2. The number of rotatable bonds is 3. The second-order valence-corrected chi connectivity index (χ2v) is 5.86. The molecule has 0 aliphatic heterocycles. The molecule has 0 radical (unpaired) electrons. The lowest BCUT2D eigenvalue weighted by atomic mass is 9.99. The van der Waals surface area contributed by atoms with Crippen molar-refractivity contribution in [3.05, 3.63) is 106 Å². The third-order valence-corrected chi connectivity index (χ3v) is 4.12. The summed E-state index contributed by atoms with van der Waals surface area (Å²) in [5, 5.41) is 0. The van der Waals surface area contributed by atoms with Crippen molar-refractivity contribution < 1.29 is 0 Å². The molecule has 126 valence electrons. The van der Waals surface area contributed by atoms with E-state index >= 15 is 0 Å². The summed E-state index contributed by atoms with van der Waals surface area (Å²) in [6.07, 6.45) is 4.99. The lowest BCUT2D eigenvalue weighted by Gasteiger charge is -2.12. The highest BCUT2D eigenvalue weighted by Gasteiger charge is 2.08. The maximum Gasteiger partial charge on any atom is 0.332 e. The largest absolute Gasteiger partial charge is 0.332 e. The summed E-state index contributed by atoms with van der Waals surface area (Å²) in [6, 6.07) is 21.0. The van der Waals surface area contributed by atoms with Crippen molar-refractivity contribution in [2.45, 2.75) is 0 Å². The smallest absolute Gasteiger partial charge is 0.274 e. The predicted molar refractivity (Wildman–Crippen MR) is 101 cm³/mol. The summed E-state index contributed by atoms with van der Waals surface area (Å²) in [4.78, 5) is 30.1. The van der Waals surface area contributed by atoms with Gasteiger partial charge in [0.1, 0.15) is 0 Å². The number of hydrogen-bond donors (Lipinski definition) is 1. The van der Waals surface area contributed by atoms with E-state index in [4.69, 9.17) is 0 Å². The number of benzene rings is 2. The van der Waals surface area contributed by atoms with Gasteiger partial charge in [-0.1, -0.05) is 36.4 Å². The SMILES string of the molecule is O=c1ccn(-c2cc(-c3ccccc3)cc(-c3cccnc3)c2)c(=O)[nH]1. The van der Waals surface area contributed by atoms with Crippen molar-refractivity contribution in [3.63, 3.8) is 0 Å². The van der Waals surface area contributed by atoms with Crippen LogP contribution in [-0.4, -0.2) is 14.5 Å². The zero-order valence-electron chi connectivity index (χ0n) is 13.8. The molecule has 0 atom stereocenters. The van der Waals surface area contributed by atoms with Crippen LogP contribution in [0.1, 0.15) is 0 Å². The maximum atomic E-state index is 12.2. The first kappa shape index (κ1) is 15.8. The van der Waals surface area contributed by atoms with E-state index in [0.717, 1.165) is 22.3 Å². The normalized spacial score (nSPS) is 10.6. The molecule has 0 saturated carbocycles. The highest BCUT2D eigenvalue weighted by molar-refractivity contribution is 5.75. The number of aromatic amines is 1. The number of nitrogens with one attached hydrogen (secondary N) is 1. The van der Waals surface area contributed by atoms with Crippen LogP contribution >= 0.6 is 0 Å². The Morgan fingerprint density at radius 1 is 0.769 bits per heavy atom. The van der Waals surface area contributed by atoms with Gasteiger partial charge in [0.15, 0.2) is 0 Å². The lowest BCUT2D eigenvalue weighted by molar-refractivity contribution is 0.897. The first-order valence-electron chi connectivity index (χ1n) is 8.14.